The lowest BCUT2D eigenvalue weighted by molar-refractivity contribution is -0.133. The van der Waals surface area contributed by atoms with Crippen molar-refractivity contribution in [2.45, 2.75) is 0 Å². The molecule has 0 atom stereocenters. The van der Waals surface area contributed by atoms with Gasteiger partial charge >= 0.3 is 0 Å². The number of ether oxygens (including phenoxy) is 2. The van der Waals surface area contributed by atoms with Crippen molar-refractivity contribution in [2.24, 2.45) is 0 Å². The van der Waals surface area contributed by atoms with E-state index >= 15 is 0 Å². The van der Waals surface area contributed by atoms with Crippen LogP contribution in [0.15, 0.2) is 60.8 Å². The molecule has 0 radical (unpaired) electrons. The molecule has 0 unspecified atom stereocenters. The van der Waals surface area contributed by atoms with Gasteiger partial charge in [0.2, 0.25) is 0 Å². The van der Waals surface area contributed by atoms with Crippen LogP contribution in [0.5, 0.6) is 11.5 Å². The fourth-order valence-corrected chi connectivity index (χ4v) is 3.28. The van der Waals surface area contributed by atoms with E-state index in [1.165, 1.54) is 0 Å². The zero-order chi connectivity index (χ0) is 21.5. The molecular weight excluding hydrogens is 396 g/mol. The van der Waals surface area contributed by atoms with Crippen molar-refractivity contribution in [3.63, 3.8) is 0 Å². The predicted octanol–water partition coefficient (Wildman–Crippen LogP) is 2.35. The highest BCUT2D eigenvalue weighted by Gasteiger charge is 2.22. The van der Waals surface area contributed by atoms with Crippen LogP contribution in [-0.2, 0) is 4.79 Å². The minimum atomic E-state index is -0.0495. The number of hydrogen-bond donors (Lipinski definition) is 1. The molecule has 1 amide bonds. The number of anilines is 3. The summed E-state index contributed by atoms with van der Waals surface area (Å²) in [5.74, 6) is 3.25. The number of carbonyl (C=O) groups is 1. The molecule has 3 heterocycles. The number of benzene rings is 1. The number of piperazine rings is 1. The standard InChI is InChI=1S/C22H24N6O3/c1-30-17-6-2-3-7-18(17)31-16-22(29)28-14-12-27(13-15-28)21-10-9-20(25-26-21)24-19-8-4-5-11-23-19/h2-11H,12-16H2,1H3,(H,23,24,25). The number of hydrogen-bond acceptors (Lipinski definition) is 8. The number of aromatic nitrogens is 3. The summed E-state index contributed by atoms with van der Waals surface area (Å²) in [6.07, 6.45) is 1.71. The Morgan fingerprint density at radius 3 is 2.39 bits per heavy atom. The summed E-state index contributed by atoms with van der Waals surface area (Å²) < 4.78 is 10.9. The quantitative estimate of drug-likeness (QED) is 0.623. The number of nitrogens with one attached hydrogen (secondary N) is 1. The molecule has 0 bridgehead atoms. The molecule has 160 valence electrons. The molecule has 2 aromatic heterocycles. The van der Waals surface area contributed by atoms with Gasteiger partial charge in [-0.2, -0.15) is 0 Å². The predicted molar refractivity (Wildman–Crippen MR) is 117 cm³/mol. The van der Waals surface area contributed by atoms with Crippen LogP contribution in [0.1, 0.15) is 0 Å². The third-order valence-electron chi connectivity index (χ3n) is 4.95. The molecular formula is C22H24N6O3. The monoisotopic (exact) mass is 420 g/mol. The molecule has 31 heavy (non-hydrogen) atoms. The van der Waals surface area contributed by atoms with Gasteiger partial charge in [-0.3, -0.25) is 4.79 Å². The maximum absolute atomic E-state index is 12.5. The normalized spacial score (nSPS) is 13.6. The van der Waals surface area contributed by atoms with Crippen LogP contribution in [0.4, 0.5) is 17.5 Å². The Balaban J connectivity index is 1.26. The second kappa shape index (κ2) is 9.75. The molecule has 1 fully saturated rings. The summed E-state index contributed by atoms with van der Waals surface area (Å²) in [6, 6.07) is 16.7. The van der Waals surface area contributed by atoms with E-state index in [4.69, 9.17) is 9.47 Å². The minimum Gasteiger partial charge on any atom is -0.493 e. The number of carbonyl (C=O) groups excluding carboxylic acids is 1. The zero-order valence-corrected chi connectivity index (χ0v) is 17.3. The number of nitrogens with zero attached hydrogens (tertiary/aromatic N) is 5. The summed E-state index contributed by atoms with van der Waals surface area (Å²) in [5, 5.41) is 11.6. The first-order chi connectivity index (χ1) is 15.2. The first-order valence-electron chi connectivity index (χ1n) is 10.0. The molecule has 9 heteroatoms. The molecule has 1 aliphatic heterocycles. The number of rotatable bonds is 7. The summed E-state index contributed by atoms with van der Waals surface area (Å²) in [6.45, 7) is 2.55. The summed E-state index contributed by atoms with van der Waals surface area (Å²) >= 11 is 0. The Morgan fingerprint density at radius 2 is 1.71 bits per heavy atom. The van der Waals surface area contributed by atoms with Crippen LogP contribution < -0.4 is 19.7 Å². The molecule has 0 aliphatic carbocycles. The van der Waals surface area contributed by atoms with Crippen molar-refractivity contribution in [1.82, 2.24) is 20.1 Å². The lowest BCUT2D eigenvalue weighted by Crippen LogP contribution is -2.50. The topological polar surface area (TPSA) is 92.7 Å². The molecule has 4 rings (SSSR count). The maximum Gasteiger partial charge on any atom is 0.260 e. The molecule has 0 saturated carbocycles. The lowest BCUT2D eigenvalue weighted by Gasteiger charge is -2.35. The number of amides is 1. The van der Waals surface area contributed by atoms with Gasteiger partial charge < -0.3 is 24.6 Å². The minimum absolute atomic E-state index is 0.0198. The van der Waals surface area contributed by atoms with Crippen molar-refractivity contribution >= 4 is 23.4 Å². The Hall–Kier alpha value is -3.88. The van der Waals surface area contributed by atoms with Crippen LogP contribution in [0.2, 0.25) is 0 Å². The first-order valence-corrected chi connectivity index (χ1v) is 10.0. The number of methoxy groups -OCH3 is 1. The van der Waals surface area contributed by atoms with Crippen LogP contribution in [0.25, 0.3) is 0 Å². The fourth-order valence-electron chi connectivity index (χ4n) is 3.28. The molecule has 3 aromatic rings. The lowest BCUT2D eigenvalue weighted by atomic mass is 10.3. The Labute approximate surface area is 180 Å². The Morgan fingerprint density at radius 1 is 0.935 bits per heavy atom. The van der Waals surface area contributed by atoms with Crippen molar-refractivity contribution in [3.8, 4) is 11.5 Å². The van der Waals surface area contributed by atoms with Gasteiger partial charge in [0.05, 0.1) is 7.11 Å². The van der Waals surface area contributed by atoms with E-state index in [1.54, 1.807) is 30.3 Å². The highest BCUT2D eigenvalue weighted by atomic mass is 16.5. The van der Waals surface area contributed by atoms with Gasteiger partial charge in [0.1, 0.15) is 5.82 Å². The number of para-hydroxylation sites is 2. The van der Waals surface area contributed by atoms with Crippen LogP contribution in [0, 0.1) is 0 Å². The molecule has 9 nitrogen and oxygen atoms in total. The zero-order valence-electron chi connectivity index (χ0n) is 17.3. The van der Waals surface area contributed by atoms with E-state index in [0.29, 0.717) is 49.3 Å². The van der Waals surface area contributed by atoms with Gasteiger partial charge in [-0.15, -0.1) is 10.2 Å². The van der Waals surface area contributed by atoms with E-state index in [2.05, 4.69) is 25.4 Å². The van der Waals surface area contributed by atoms with Gasteiger partial charge in [0.15, 0.2) is 29.7 Å². The Kier molecular flexibility index (Phi) is 6.41. The Bertz CT molecular complexity index is 992. The third kappa shape index (κ3) is 5.19. The van der Waals surface area contributed by atoms with Crippen LogP contribution in [0.3, 0.4) is 0 Å². The molecule has 1 aliphatic rings. The fraction of sp³-hybridized carbons (Fsp3) is 0.273. The van der Waals surface area contributed by atoms with E-state index in [1.807, 2.05) is 42.5 Å². The van der Waals surface area contributed by atoms with Crippen molar-refractivity contribution in [1.29, 1.82) is 0 Å². The van der Waals surface area contributed by atoms with Crippen molar-refractivity contribution < 1.29 is 14.3 Å². The first kappa shape index (κ1) is 20.4. The van der Waals surface area contributed by atoms with Crippen LogP contribution in [-0.4, -0.2) is 65.9 Å². The van der Waals surface area contributed by atoms with Crippen molar-refractivity contribution in [2.75, 3.05) is 50.1 Å². The summed E-state index contributed by atoms with van der Waals surface area (Å²) in [7, 11) is 1.58. The van der Waals surface area contributed by atoms with Gasteiger partial charge in [0.25, 0.3) is 5.91 Å². The van der Waals surface area contributed by atoms with Crippen LogP contribution >= 0.6 is 0 Å². The average Bonchev–Trinajstić information content (AvgIpc) is 2.84. The summed E-state index contributed by atoms with van der Waals surface area (Å²) in [4.78, 5) is 20.7. The molecule has 0 spiro atoms. The third-order valence-corrected chi connectivity index (χ3v) is 4.95. The van der Waals surface area contributed by atoms with E-state index in [-0.39, 0.29) is 12.5 Å². The average molecular weight is 420 g/mol. The van der Waals surface area contributed by atoms with Crippen molar-refractivity contribution in [3.05, 3.63) is 60.8 Å². The molecule has 1 saturated heterocycles. The van der Waals surface area contributed by atoms with E-state index in [0.717, 1.165) is 5.82 Å². The van der Waals surface area contributed by atoms with Gasteiger partial charge in [0, 0.05) is 32.4 Å². The van der Waals surface area contributed by atoms with E-state index in [9.17, 15) is 4.79 Å². The van der Waals surface area contributed by atoms with Gasteiger partial charge in [-0.05, 0) is 36.4 Å². The number of pyridine rings is 1. The van der Waals surface area contributed by atoms with E-state index < -0.39 is 0 Å². The second-order valence-corrected chi connectivity index (χ2v) is 6.92. The SMILES string of the molecule is COc1ccccc1OCC(=O)N1CCN(c2ccc(Nc3ccccn3)nn2)CC1. The molecule has 1 aromatic carbocycles. The molecule has 1 N–H and O–H groups in total. The highest BCUT2D eigenvalue weighted by molar-refractivity contribution is 5.78. The smallest absolute Gasteiger partial charge is 0.260 e. The highest BCUT2D eigenvalue weighted by Crippen LogP contribution is 2.25. The van der Waals surface area contributed by atoms with Gasteiger partial charge in [-0.25, -0.2) is 4.98 Å². The van der Waals surface area contributed by atoms with Gasteiger partial charge in [-0.1, -0.05) is 18.2 Å². The maximum atomic E-state index is 12.5. The largest absolute Gasteiger partial charge is 0.493 e. The summed E-state index contributed by atoms with van der Waals surface area (Å²) in [5.41, 5.74) is 0. The second-order valence-electron chi connectivity index (χ2n) is 6.92.